The number of benzene rings is 2. The third kappa shape index (κ3) is 8.85. The Balaban J connectivity index is 1.49. The van der Waals surface area contributed by atoms with Gasteiger partial charge >= 0.3 is 12.1 Å². The predicted molar refractivity (Wildman–Crippen MR) is 188 cm³/mol. The maximum atomic E-state index is 15.0. The van der Waals surface area contributed by atoms with Crippen molar-refractivity contribution < 1.29 is 55.3 Å². The molecular weight excluding hydrogens is 726 g/mol. The first-order valence-corrected chi connectivity index (χ1v) is 18.6. The lowest BCUT2D eigenvalue weighted by Crippen LogP contribution is -2.59. The van der Waals surface area contributed by atoms with Gasteiger partial charge in [0.25, 0.3) is 5.66 Å². The van der Waals surface area contributed by atoms with Crippen LogP contribution in [0, 0.1) is 17.8 Å². The van der Waals surface area contributed by atoms with Crippen molar-refractivity contribution in [1.82, 2.24) is 0 Å². The molecule has 0 amide bonds. The van der Waals surface area contributed by atoms with Crippen LogP contribution in [-0.4, -0.2) is 50.6 Å². The van der Waals surface area contributed by atoms with Gasteiger partial charge in [-0.2, -0.15) is 22.0 Å². The average molecular weight is 769 g/mol. The molecule has 14 heteroatoms. The Kier molecular flexibility index (Phi) is 12.8. The van der Waals surface area contributed by atoms with Crippen LogP contribution < -0.4 is 9.47 Å². The van der Waals surface area contributed by atoms with Crippen molar-refractivity contribution in [2.75, 3.05) is 27.4 Å². The molecule has 2 saturated carbocycles. The van der Waals surface area contributed by atoms with Gasteiger partial charge in [0.15, 0.2) is 23.8 Å². The van der Waals surface area contributed by atoms with Crippen LogP contribution in [0.1, 0.15) is 83.6 Å². The summed E-state index contributed by atoms with van der Waals surface area (Å²) in [5.41, 5.74) is -4.90. The smallest absolute Gasteiger partial charge is 0.425 e. The summed E-state index contributed by atoms with van der Waals surface area (Å²) in [5, 5.41) is 1.21. The molecule has 0 bridgehead atoms. The number of carbonyl (C=O) groups excluding carboxylic acids is 3. The summed E-state index contributed by atoms with van der Waals surface area (Å²) in [4.78, 5) is 40.2. The fraction of sp³-hybridized carbons (Fsp3) is 0.500. The molecule has 0 aliphatic heterocycles. The van der Waals surface area contributed by atoms with Crippen molar-refractivity contribution in [3.8, 4) is 11.5 Å². The van der Waals surface area contributed by atoms with E-state index in [2.05, 4.69) is 0 Å². The molecule has 0 saturated heterocycles. The van der Waals surface area contributed by atoms with E-state index in [9.17, 15) is 31.5 Å². The molecule has 7 nitrogen and oxygen atoms in total. The average Bonchev–Trinajstić information content (AvgIpc) is 3.61. The van der Waals surface area contributed by atoms with Crippen LogP contribution in [0.2, 0.25) is 0 Å². The Bertz CT molecular complexity index is 1720. The second-order valence-corrected chi connectivity index (χ2v) is 15.0. The first kappa shape index (κ1) is 39.8. The van der Waals surface area contributed by atoms with Crippen molar-refractivity contribution in [1.29, 1.82) is 0 Å². The molecule has 2 fully saturated rings. The van der Waals surface area contributed by atoms with Crippen molar-refractivity contribution in [2.45, 2.75) is 74.7 Å². The van der Waals surface area contributed by atoms with Crippen LogP contribution in [0.5, 0.6) is 11.5 Å². The third-order valence-electron chi connectivity index (χ3n) is 10.3. The Morgan fingerprint density at radius 1 is 0.942 bits per heavy atom. The van der Waals surface area contributed by atoms with E-state index in [4.69, 9.17) is 18.9 Å². The van der Waals surface area contributed by atoms with Gasteiger partial charge in [-0.1, -0.05) is 51.7 Å². The number of halogens is 5. The molecule has 1 aromatic heterocycles. The number of Topliss-reactive ketones (excluding diaryl/α,β-unsaturated/α-hetero) is 2. The summed E-state index contributed by atoms with van der Waals surface area (Å²) in [5.74, 6) is -3.41. The lowest BCUT2D eigenvalue weighted by atomic mass is 9.60. The summed E-state index contributed by atoms with van der Waals surface area (Å²) in [6, 6.07) is 13.6. The number of alkyl halides is 5. The minimum Gasteiger partial charge on any atom is -0.482 e. The molecule has 1 heterocycles. The van der Waals surface area contributed by atoms with E-state index in [1.807, 2.05) is 12.1 Å². The fourth-order valence-corrected chi connectivity index (χ4v) is 8.78. The highest BCUT2D eigenvalue weighted by molar-refractivity contribution is 7.17. The van der Waals surface area contributed by atoms with Crippen molar-refractivity contribution in [3.63, 3.8) is 0 Å². The second kappa shape index (κ2) is 16.7. The zero-order valence-electron chi connectivity index (χ0n) is 28.9. The van der Waals surface area contributed by atoms with E-state index in [1.165, 1.54) is 53.1 Å². The van der Waals surface area contributed by atoms with E-state index >= 15 is 4.79 Å². The molecule has 3 aromatic rings. The summed E-state index contributed by atoms with van der Waals surface area (Å²) in [7, 11) is 4.18. The highest BCUT2D eigenvalue weighted by Crippen LogP contribution is 2.50. The number of para-hydroxylation sites is 1. The number of methoxy groups -OCH3 is 2. The van der Waals surface area contributed by atoms with Gasteiger partial charge in [0.1, 0.15) is 16.4 Å². The van der Waals surface area contributed by atoms with Gasteiger partial charge in [-0.05, 0) is 68.9 Å². The third-order valence-corrected chi connectivity index (χ3v) is 11.5. The molecule has 3 unspecified atom stereocenters. The molecule has 0 spiro atoms. The van der Waals surface area contributed by atoms with Gasteiger partial charge in [-0.25, -0.2) is 4.79 Å². The maximum Gasteiger partial charge on any atom is 0.425 e. The number of ether oxygens (including phenoxy) is 4. The van der Waals surface area contributed by atoms with Gasteiger partial charge in [0.05, 0.1) is 7.11 Å². The standard InChI is InChI=1S/C38H42F5O7PS/c1-47-19-17-29-27(34(45)28-9-3-5-11-30(28)38(42,43)51)10-7-18-36(29,50-25-20-32(52-22-25)37(39,40)41)35(46)24-15-13-23(14-16-24)26-8-4-6-12-31(26)49-21-33(44)48-2/h3-6,8-9,11-12,20,22-24,27,29H,7,10,13-19,21,51H2,1-2H3/t23?,24?,27?,29?,36-/m0/s1. The number of hydrogen-bond acceptors (Lipinski definition) is 8. The van der Waals surface area contributed by atoms with Crippen LogP contribution in [0.3, 0.4) is 0 Å². The van der Waals surface area contributed by atoms with Gasteiger partial charge < -0.3 is 18.9 Å². The second-order valence-electron chi connectivity index (χ2n) is 13.4. The fourth-order valence-electron chi connectivity index (χ4n) is 7.85. The molecule has 2 aliphatic rings. The Morgan fingerprint density at radius 2 is 1.63 bits per heavy atom. The Hall–Kier alpha value is -3.41. The number of carbonyl (C=O) groups is 3. The van der Waals surface area contributed by atoms with Gasteiger partial charge in [-0.3, -0.25) is 9.59 Å². The zero-order chi connectivity index (χ0) is 37.7. The molecule has 52 heavy (non-hydrogen) atoms. The van der Waals surface area contributed by atoms with E-state index in [1.54, 1.807) is 12.1 Å². The summed E-state index contributed by atoms with van der Waals surface area (Å²) in [6.45, 7) is -0.164. The summed E-state index contributed by atoms with van der Waals surface area (Å²) >= 11 is 0.446. The van der Waals surface area contributed by atoms with Crippen molar-refractivity contribution in [3.05, 3.63) is 81.5 Å². The molecule has 5 rings (SSSR count). The van der Waals surface area contributed by atoms with Gasteiger partial charge in [0, 0.05) is 54.0 Å². The molecule has 2 aliphatic carbocycles. The number of rotatable bonds is 14. The lowest BCUT2D eigenvalue weighted by molar-refractivity contribution is -0.152. The first-order chi connectivity index (χ1) is 24.7. The predicted octanol–water partition coefficient (Wildman–Crippen LogP) is 9.24. The minimum absolute atomic E-state index is 0.00367. The topological polar surface area (TPSA) is 88.1 Å². The normalized spacial score (nSPS) is 23.8. The maximum absolute atomic E-state index is 15.0. The van der Waals surface area contributed by atoms with Crippen LogP contribution in [0.4, 0.5) is 22.0 Å². The van der Waals surface area contributed by atoms with Crippen LogP contribution in [0.25, 0.3) is 0 Å². The molecule has 282 valence electrons. The number of ketones is 2. The summed E-state index contributed by atoms with van der Waals surface area (Å²) < 4.78 is 92.9. The van der Waals surface area contributed by atoms with E-state index in [-0.39, 0.29) is 55.5 Å². The Labute approximate surface area is 305 Å². The summed E-state index contributed by atoms with van der Waals surface area (Å²) in [6.07, 6.45) is -1.79. The van der Waals surface area contributed by atoms with E-state index < -0.39 is 57.4 Å². The van der Waals surface area contributed by atoms with Crippen LogP contribution in [-0.2, 0) is 30.9 Å². The van der Waals surface area contributed by atoms with Gasteiger partial charge in [0.2, 0.25) is 0 Å². The molecule has 2 aromatic carbocycles. The van der Waals surface area contributed by atoms with Gasteiger partial charge in [-0.15, -0.1) is 11.3 Å². The first-order valence-electron chi connectivity index (χ1n) is 17.2. The SMILES string of the molecule is COCCC1C(C(=O)c2ccccc2C(F)(F)P)CCC[C@@]1(Oc1csc(C(F)(F)F)c1)C(=O)C1CCC(c2ccccc2OCC(=O)OC)CC1. The van der Waals surface area contributed by atoms with Crippen molar-refractivity contribution in [2.24, 2.45) is 17.8 Å². The zero-order valence-corrected chi connectivity index (χ0v) is 30.9. The molecule has 0 N–H and O–H groups in total. The number of esters is 1. The van der Waals surface area contributed by atoms with E-state index in [0.717, 1.165) is 11.6 Å². The molecule has 0 radical (unpaired) electrons. The van der Waals surface area contributed by atoms with Crippen LogP contribution in [0.15, 0.2) is 60.0 Å². The van der Waals surface area contributed by atoms with Crippen LogP contribution >= 0.6 is 20.6 Å². The highest BCUT2D eigenvalue weighted by atomic mass is 32.1. The minimum atomic E-state index is -4.63. The molecule has 4 atom stereocenters. The lowest BCUT2D eigenvalue weighted by Gasteiger charge is -2.48. The molecular formula is C38H42F5O7PS. The monoisotopic (exact) mass is 768 g/mol. The van der Waals surface area contributed by atoms with E-state index in [0.29, 0.717) is 49.2 Å². The quantitative estimate of drug-likeness (QED) is 0.0700. The number of thiophene rings is 1. The highest BCUT2D eigenvalue weighted by Gasteiger charge is 2.56. The Morgan fingerprint density at radius 3 is 2.29 bits per heavy atom. The largest absolute Gasteiger partial charge is 0.482 e. The van der Waals surface area contributed by atoms with Crippen molar-refractivity contribution >= 4 is 38.1 Å². The number of hydrogen-bond donors (Lipinski definition) is 0.